The Morgan fingerprint density at radius 1 is 1.58 bits per heavy atom. The van der Waals surface area contributed by atoms with Gasteiger partial charge in [0.1, 0.15) is 10.6 Å². The summed E-state index contributed by atoms with van der Waals surface area (Å²) in [5.74, 6) is 0.106. The zero-order chi connectivity index (χ0) is 13.8. The molecule has 1 fully saturated rings. The molecule has 1 amide bonds. The Morgan fingerprint density at radius 3 is 3.05 bits per heavy atom. The maximum atomic E-state index is 11.8. The Balaban J connectivity index is 2.01. The smallest absolute Gasteiger partial charge is 0.257 e. The third kappa shape index (κ3) is 3.16. The number of carbonyl (C=O) groups is 1. The Hall–Kier alpha value is -1.34. The van der Waals surface area contributed by atoms with E-state index in [0.717, 1.165) is 18.1 Å². The van der Waals surface area contributed by atoms with E-state index in [1.54, 1.807) is 7.05 Å². The highest BCUT2D eigenvalue weighted by molar-refractivity contribution is 7.11. The van der Waals surface area contributed by atoms with Gasteiger partial charge in [-0.25, -0.2) is 0 Å². The summed E-state index contributed by atoms with van der Waals surface area (Å²) in [6.45, 7) is 1.96. The molecule has 7 heteroatoms. The number of nitrogen functional groups attached to an aromatic ring is 1. The SMILES string of the molecule is CNC(=O)c1c(N)nsc1NCC1CCCCN1C. The van der Waals surface area contributed by atoms with Gasteiger partial charge in [0.15, 0.2) is 5.82 Å². The maximum absolute atomic E-state index is 11.8. The second-order valence-electron chi connectivity index (χ2n) is 4.86. The lowest BCUT2D eigenvalue weighted by atomic mass is 10.0. The first-order valence-electron chi connectivity index (χ1n) is 6.54. The van der Waals surface area contributed by atoms with Crippen molar-refractivity contribution < 1.29 is 4.79 Å². The van der Waals surface area contributed by atoms with Crippen molar-refractivity contribution in [2.75, 3.05) is 38.2 Å². The van der Waals surface area contributed by atoms with E-state index in [1.807, 2.05) is 0 Å². The van der Waals surface area contributed by atoms with E-state index in [-0.39, 0.29) is 5.91 Å². The highest BCUT2D eigenvalue weighted by Crippen LogP contribution is 2.27. The van der Waals surface area contributed by atoms with Crippen LogP contribution in [0.1, 0.15) is 29.6 Å². The van der Waals surface area contributed by atoms with Gasteiger partial charge in [0.25, 0.3) is 5.91 Å². The van der Waals surface area contributed by atoms with E-state index in [0.29, 0.717) is 17.4 Å². The van der Waals surface area contributed by atoms with E-state index >= 15 is 0 Å². The van der Waals surface area contributed by atoms with E-state index in [9.17, 15) is 4.79 Å². The molecule has 1 unspecified atom stereocenters. The lowest BCUT2D eigenvalue weighted by molar-refractivity contribution is 0.0965. The number of nitrogens with zero attached hydrogens (tertiary/aromatic N) is 2. The fourth-order valence-corrected chi connectivity index (χ4v) is 3.10. The number of amides is 1. The van der Waals surface area contributed by atoms with Crippen LogP contribution < -0.4 is 16.4 Å². The molecule has 0 aliphatic carbocycles. The largest absolute Gasteiger partial charge is 0.382 e. The predicted molar refractivity (Wildman–Crippen MR) is 78.7 cm³/mol. The van der Waals surface area contributed by atoms with E-state index in [2.05, 4.69) is 27.0 Å². The minimum atomic E-state index is -0.189. The van der Waals surface area contributed by atoms with Gasteiger partial charge in [-0.15, -0.1) is 0 Å². The van der Waals surface area contributed by atoms with Crippen LogP contribution in [0.5, 0.6) is 0 Å². The molecule has 0 saturated carbocycles. The Bertz CT molecular complexity index is 447. The molecule has 106 valence electrons. The minimum Gasteiger partial charge on any atom is -0.382 e. The van der Waals surface area contributed by atoms with Crippen molar-refractivity contribution in [1.29, 1.82) is 0 Å². The number of nitrogens with two attached hydrogens (primary N) is 1. The quantitative estimate of drug-likeness (QED) is 0.767. The van der Waals surface area contributed by atoms with Crippen molar-refractivity contribution in [3.8, 4) is 0 Å². The molecule has 1 aromatic heterocycles. The van der Waals surface area contributed by atoms with Crippen LogP contribution in [-0.2, 0) is 0 Å². The van der Waals surface area contributed by atoms with Crippen molar-refractivity contribution in [2.24, 2.45) is 0 Å². The first-order valence-corrected chi connectivity index (χ1v) is 7.32. The second-order valence-corrected chi connectivity index (χ2v) is 5.64. The van der Waals surface area contributed by atoms with Gasteiger partial charge in [-0.1, -0.05) is 6.42 Å². The van der Waals surface area contributed by atoms with Crippen LogP contribution >= 0.6 is 11.5 Å². The predicted octanol–water partition coefficient (Wildman–Crippen LogP) is 0.981. The first kappa shape index (κ1) is 14.1. The molecule has 1 atom stereocenters. The lowest BCUT2D eigenvalue weighted by Crippen LogP contribution is -2.40. The summed E-state index contributed by atoms with van der Waals surface area (Å²) in [5.41, 5.74) is 6.21. The molecule has 6 nitrogen and oxygen atoms in total. The molecule has 0 bridgehead atoms. The summed E-state index contributed by atoms with van der Waals surface area (Å²) >= 11 is 1.24. The van der Waals surface area contributed by atoms with Crippen LogP contribution in [0.2, 0.25) is 0 Å². The number of aromatic nitrogens is 1. The molecule has 1 aromatic rings. The van der Waals surface area contributed by atoms with Crippen LogP contribution in [-0.4, -0.2) is 48.4 Å². The highest BCUT2D eigenvalue weighted by atomic mass is 32.1. The molecule has 0 radical (unpaired) electrons. The molecule has 0 aromatic carbocycles. The van der Waals surface area contributed by atoms with Gasteiger partial charge in [0.05, 0.1) is 0 Å². The molecular weight excluding hydrogens is 262 g/mol. The molecule has 0 spiro atoms. The molecular formula is C12H21N5OS. The molecule has 1 saturated heterocycles. The van der Waals surface area contributed by atoms with Crippen molar-refractivity contribution in [3.63, 3.8) is 0 Å². The fourth-order valence-electron chi connectivity index (χ4n) is 2.38. The number of piperidine rings is 1. The van der Waals surface area contributed by atoms with Crippen LogP contribution in [0, 0.1) is 0 Å². The van der Waals surface area contributed by atoms with Crippen LogP contribution in [0.3, 0.4) is 0 Å². The average molecular weight is 283 g/mol. The molecule has 2 rings (SSSR count). The van der Waals surface area contributed by atoms with Crippen LogP contribution in [0.25, 0.3) is 0 Å². The number of carbonyl (C=O) groups excluding carboxylic acids is 1. The third-order valence-corrected chi connectivity index (χ3v) is 4.41. The summed E-state index contributed by atoms with van der Waals surface area (Å²) in [5, 5.41) is 6.68. The summed E-state index contributed by atoms with van der Waals surface area (Å²) in [6.07, 6.45) is 3.72. The van der Waals surface area contributed by atoms with E-state index in [1.165, 1.54) is 30.8 Å². The van der Waals surface area contributed by atoms with Crippen molar-refractivity contribution >= 4 is 28.3 Å². The fraction of sp³-hybridized carbons (Fsp3) is 0.667. The molecule has 1 aliphatic rings. The van der Waals surface area contributed by atoms with Crippen molar-refractivity contribution in [2.45, 2.75) is 25.3 Å². The Labute approximate surface area is 117 Å². The van der Waals surface area contributed by atoms with E-state index in [4.69, 9.17) is 5.73 Å². The monoisotopic (exact) mass is 283 g/mol. The Morgan fingerprint density at radius 2 is 2.37 bits per heavy atom. The zero-order valence-electron chi connectivity index (χ0n) is 11.4. The van der Waals surface area contributed by atoms with Crippen LogP contribution in [0.15, 0.2) is 0 Å². The van der Waals surface area contributed by atoms with Crippen molar-refractivity contribution in [1.82, 2.24) is 14.6 Å². The number of rotatable bonds is 4. The number of hydrogen-bond acceptors (Lipinski definition) is 6. The third-order valence-electron chi connectivity index (χ3n) is 3.59. The summed E-state index contributed by atoms with van der Waals surface area (Å²) in [7, 11) is 3.74. The number of likely N-dealkylation sites (tertiary alicyclic amines) is 1. The normalized spacial score (nSPS) is 20.2. The standard InChI is InChI=1S/C12H21N5OS/c1-14-11(18)9-10(13)16-19-12(9)15-7-8-5-3-4-6-17(8)2/h8,15H,3-7H2,1-2H3,(H2,13,16)(H,14,18). The van der Waals surface area contributed by atoms with Gasteiger partial charge < -0.3 is 21.3 Å². The minimum absolute atomic E-state index is 0.189. The lowest BCUT2D eigenvalue weighted by Gasteiger charge is -2.32. The molecule has 1 aliphatic heterocycles. The van der Waals surface area contributed by atoms with Gasteiger partial charge in [0, 0.05) is 19.6 Å². The zero-order valence-corrected chi connectivity index (χ0v) is 12.2. The molecule has 2 heterocycles. The Kier molecular flexibility index (Phi) is 4.60. The van der Waals surface area contributed by atoms with Gasteiger partial charge in [-0.2, -0.15) is 4.37 Å². The van der Waals surface area contributed by atoms with E-state index < -0.39 is 0 Å². The van der Waals surface area contributed by atoms with Gasteiger partial charge in [-0.05, 0) is 38.0 Å². The topological polar surface area (TPSA) is 83.3 Å². The number of hydrogen-bond donors (Lipinski definition) is 3. The van der Waals surface area contributed by atoms with Crippen molar-refractivity contribution in [3.05, 3.63) is 5.56 Å². The summed E-state index contributed by atoms with van der Waals surface area (Å²) < 4.78 is 4.05. The number of likely N-dealkylation sites (N-methyl/N-ethyl adjacent to an activating group) is 1. The maximum Gasteiger partial charge on any atom is 0.257 e. The molecule has 19 heavy (non-hydrogen) atoms. The number of nitrogens with one attached hydrogen (secondary N) is 2. The highest BCUT2D eigenvalue weighted by Gasteiger charge is 2.22. The second kappa shape index (κ2) is 6.21. The van der Waals surface area contributed by atoms with Gasteiger partial charge in [0.2, 0.25) is 0 Å². The summed E-state index contributed by atoms with van der Waals surface area (Å²) in [4.78, 5) is 14.1. The number of anilines is 2. The molecule has 4 N–H and O–H groups in total. The van der Waals surface area contributed by atoms with Gasteiger partial charge >= 0.3 is 0 Å². The average Bonchev–Trinajstić information content (AvgIpc) is 2.78. The van der Waals surface area contributed by atoms with Crippen LogP contribution in [0.4, 0.5) is 10.8 Å². The first-order chi connectivity index (χ1) is 9.13. The van der Waals surface area contributed by atoms with Gasteiger partial charge in [-0.3, -0.25) is 4.79 Å². The summed E-state index contributed by atoms with van der Waals surface area (Å²) in [6, 6.07) is 0.509.